The van der Waals surface area contributed by atoms with E-state index in [1.807, 2.05) is 0 Å². The number of esters is 1. The first-order valence-electron chi connectivity index (χ1n) is 12.1. The zero-order valence-electron chi connectivity index (χ0n) is 22.2. The van der Waals surface area contributed by atoms with Crippen LogP contribution in [0.4, 0.5) is 10.7 Å². The number of aromatic nitrogens is 3. The van der Waals surface area contributed by atoms with Crippen molar-refractivity contribution in [2.24, 2.45) is 5.92 Å². The molecule has 2 aliphatic heterocycles. The summed E-state index contributed by atoms with van der Waals surface area (Å²) in [6.07, 6.45) is -4.08. The van der Waals surface area contributed by atoms with E-state index in [4.69, 9.17) is 29.4 Å². The van der Waals surface area contributed by atoms with E-state index in [1.165, 1.54) is 4.57 Å². The van der Waals surface area contributed by atoms with Gasteiger partial charge in [0.25, 0.3) is 5.56 Å². The Labute approximate surface area is 221 Å². The second kappa shape index (κ2) is 9.94. The van der Waals surface area contributed by atoms with Gasteiger partial charge in [-0.1, -0.05) is 25.2 Å². The molecule has 0 saturated carbocycles. The molecule has 0 aliphatic carbocycles. The van der Waals surface area contributed by atoms with Gasteiger partial charge in [0.1, 0.15) is 41.3 Å². The van der Waals surface area contributed by atoms with Crippen LogP contribution in [0, 0.1) is 5.92 Å². The number of anilines is 1. The summed E-state index contributed by atoms with van der Waals surface area (Å²) in [5.74, 6) is -2.16. The molecule has 4 rings (SSSR count). The fraction of sp³-hybridized carbons (Fsp3) is 0.696. The minimum Gasteiger partial charge on any atom is -0.461 e. The van der Waals surface area contributed by atoms with Crippen molar-refractivity contribution in [1.82, 2.24) is 19.9 Å². The van der Waals surface area contributed by atoms with Gasteiger partial charge in [0.2, 0.25) is 5.95 Å². The number of nitrogen functional groups attached to an aromatic ring is 1. The molecule has 1 unspecified atom stereocenters. The Morgan fingerprint density at radius 3 is 2.53 bits per heavy atom. The molecule has 2 fully saturated rings. The second-order valence-electron chi connectivity index (χ2n) is 11.0. The lowest BCUT2D eigenvalue weighted by Gasteiger charge is -2.26. The molecule has 4 N–H and O–H groups in total. The number of hydrogen-bond acceptors (Lipinski definition) is 12. The summed E-state index contributed by atoms with van der Waals surface area (Å²) < 4.78 is 30.2. The number of ether oxygens (including phenoxy) is 5. The maximum Gasteiger partial charge on any atom is 0.408 e. The number of nitrogens with two attached hydrogens (primary N) is 1. The summed E-state index contributed by atoms with van der Waals surface area (Å²) in [6.45, 7) is 11.8. The summed E-state index contributed by atoms with van der Waals surface area (Å²) in [7, 11) is 0. The Morgan fingerprint density at radius 2 is 1.89 bits per heavy atom. The molecule has 2 aliphatic rings. The number of rotatable bonds is 6. The predicted molar refractivity (Wildman–Crippen MR) is 136 cm³/mol. The van der Waals surface area contributed by atoms with Gasteiger partial charge in [0, 0.05) is 0 Å². The third kappa shape index (κ3) is 5.70. The maximum absolute atomic E-state index is 12.9. The number of amides is 1. The largest absolute Gasteiger partial charge is 0.461 e. The first-order valence-corrected chi connectivity index (χ1v) is 13.0. The van der Waals surface area contributed by atoms with Gasteiger partial charge in [0.05, 0.1) is 0 Å². The first-order chi connectivity index (χ1) is 17.6. The molecule has 0 aromatic carbocycles. The molecule has 4 heterocycles. The van der Waals surface area contributed by atoms with Gasteiger partial charge in [-0.3, -0.25) is 19.1 Å². The molecule has 2 aromatic heterocycles. The number of nitrogens with one attached hydrogen (secondary N) is 2. The molecule has 210 valence electrons. The summed E-state index contributed by atoms with van der Waals surface area (Å²) in [4.78, 5) is 56.4. The van der Waals surface area contributed by atoms with Crippen LogP contribution in [-0.4, -0.2) is 68.9 Å². The molecule has 15 heteroatoms. The number of fused-ring (bicyclic) bond motifs is 2. The van der Waals surface area contributed by atoms with Crippen LogP contribution in [0.1, 0.15) is 54.7 Å². The zero-order valence-corrected chi connectivity index (χ0v) is 23.0. The van der Waals surface area contributed by atoms with Gasteiger partial charge in [-0.05, 0) is 40.5 Å². The lowest BCUT2D eigenvalue weighted by atomic mass is 10.1. The number of nitrogens with zero attached hydrogens (tertiary/aromatic N) is 2. The monoisotopic (exact) mass is 555 g/mol. The van der Waals surface area contributed by atoms with E-state index in [9.17, 15) is 19.2 Å². The van der Waals surface area contributed by atoms with Crippen LogP contribution in [0.15, 0.2) is 9.59 Å². The van der Waals surface area contributed by atoms with Crippen molar-refractivity contribution in [2.75, 3.05) is 12.3 Å². The van der Waals surface area contributed by atoms with E-state index < -0.39 is 64.5 Å². The Morgan fingerprint density at radius 1 is 1.24 bits per heavy atom. The standard InChI is InChI=1S/C23H33N5O9S/c1-9(2)11(25-20(31)37-22(3,4)5)18(30)33-8-10-12-13(36-23(6,7)35-12)17(34-10)28-15-14(38-21(28)32)16(29)27-19(24)26-15/h9-13,17H,8H2,1-7H3,(H,25,31)(H3,24,26,27,29)/t10-,11+,12-,13?,17-/m1/s1. The number of aromatic amines is 1. The van der Waals surface area contributed by atoms with Crippen molar-refractivity contribution in [2.45, 2.75) is 90.4 Å². The smallest absolute Gasteiger partial charge is 0.408 e. The SMILES string of the molecule is CC(C)[C@H](NC(=O)OC(C)(C)C)C(=O)OC[C@H]1O[C@@H](n2c(=O)sc3c(=O)[nH]c(N)nc32)C2OC(C)(C)O[C@@H]21. The van der Waals surface area contributed by atoms with E-state index >= 15 is 0 Å². The van der Waals surface area contributed by atoms with Crippen molar-refractivity contribution in [3.63, 3.8) is 0 Å². The van der Waals surface area contributed by atoms with E-state index in [0.717, 1.165) is 0 Å². The number of thiazole rings is 1. The first kappa shape index (κ1) is 28.0. The van der Waals surface area contributed by atoms with Crippen LogP contribution in [0.25, 0.3) is 10.3 Å². The molecule has 2 saturated heterocycles. The van der Waals surface area contributed by atoms with Gasteiger partial charge in [-0.15, -0.1) is 0 Å². The van der Waals surface area contributed by atoms with Gasteiger partial charge >= 0.3 is 16.9 Å². The minimum absolute atomic E-state index is 0.0531. The quantitative estimate of drug-likeness (QED) is 0.435. The summed E-state index contributed by atoms with van der Waals surface area (Å²) >= 11 is 0.703. The zero-order chi connectivity index (χ0) is 28.2. The molecule has 2 aromatic rings. The normalized spacial score (nSPS) is 25.4. The fourth-order valence-corrected chi connectivity index (χ4v) is 5.20. The van der Waals surface area contributed by atoms with E-state index in [0.29, 0.717) is 11.3 Å². The van der Waals surface area contributed by atoms with Crippen molar-refractivity contribution >= 4 is 39.7 Å². The van der Waals surface area contributed by atoms with Crippen LogP contribution in [-0.2, 0) is 28.5 Å². The highest BCUT2D eigenvalue weighted by molar-refractivity contribution is 7.16. The van der Waals surface area contributed by atoms with Gasteiger partial charge in [0.15, 0.2) is 17.7 Å². The molecule has 14 nitrogen and oxygen atoms in total. The van der Waals surface area contributed by atoms with Crippen molar-refractivity contribution in [3.8, 4) is 0 Å². The summed E-state index contributed by atoms with van der Waals surface area (Å²) in [5, 5.41) is 2.55. The number of carbonyl (C=O) groups is 2. The molecule has 5 atom stereocenters. The molecular formula is C23H33N5O9S. The van der Waals surface area contributed by atoms with Crippen LogP contribution in [0.5, 0.6) is 0 Å². The maximum atomic E-state index is 12.9. The molecule has 0 bridgehead atoms. The average Bonchev–Trinajstić information content (AvgIpc) is 3.36. The van der Waals surface area contributed by atoms with Gasteiger partial charge in [-0.25, -0.2) is 9.59 Å². The molecule has 0 spiro atoms. The molecule has 1 amide bonds. The lowest BCUT2D eigenvalue weighted by Crippen LogP contribution is -2.48. The summed E-state index contributed by atoms with van der Waals surface area (Å²) in [6, 6.07) is -0.975. The third-order valence-corrected chi connectivity index (χ3v) is 6.80. The average molecular weight is 556 g/mol. The van der Waals surface area contributed by atoms with Crippen LogP contribution in [0.2, 0.25) is 0 Å². The Kier molecular flexibility index (Phi) is 7.33. The predicted octanol–water partition coefficient (Wildman–Crippen LogP) is 1.24. The fourth-order valence-electron chi connectivity index (χ4n) is 4.36. The van der Waals surface area contributed by atoms with E-state index in [-0.39, 0.29) is 28.8 Å². The van der Waals surface area contributed by atoms with Crippen LogP contribution < -0.4 is 21.5 Å². The molecular weight excluding hydrogens is 522 g/mol. The highest BCUT2D eigenvalue weighted by Gasteiger charge is 2.57. The van der Waals surface area contributed by atoms with Crippen molar-refractivity contribution < 1.29 is 33.3 Å². The number of hydrogen-bond donors (Lipinski definition) is 3. The third-order valence-electron chi connectivity index (χ3n) is 5.85. The van der Waals surface area contributed by atoms with Crippen LogP contribution >= 0.6 is 11.3 Å². The second-order valence-corrected chi connectivity index (χ2v) is 11.9. The molecule has 38 heavy (non-hydrogen) atoms. The number of carbonyl (C=O) groups excluding carboxylic acids is 2. The Hall–Kier alpha value is -3.01. The molecule has 0 radical (unpaired) electrons. The van der Waals surface area contributed by atoms with E-state index in [2.05, 4.69) is 15.3 Å². The topological polar surface area (TPSA) is 186 Å². The Bertz CT molecular complexity index is 1340. The summed E-state index contributed by atoms with van der Waals surface area (Å²) in [5.41, 5.74) is 4.48. The Balaban J connectivity index is 1.55. The van der Waals surface area contributed by atoms with Gasteiger partial charge in [-0.2, -0.15) is 4.98 Å². The van der Waals surface area contributed by atoms with E-state index in [1.54, 1.807) is 48.5 Å². The number of alkyl carbamates (subject to hydrolysis) is 1. The van der Waals surface area contributed by atoms with Crippen molar-refractivity contribution in [3.05, 3.63) is 20.0 Å². The van der Waals surface area contributed by atoms with Crippen molar-refractivity contribution in [1.29, 1.82) is 0 Å². The highest BCUT2D eigenvalue weighted by Crippen LogP contribution is 2.43. The lowest BCUT2D eigenvalue weighted by molar-refractivity contribution is -0.202. The highest BCUT2D eigenvalue weighted by atomic mass is 32.1. The van der Waals surface area contributed by atoms with Gasteiger partial charge < -0.3 is 34.7 Å². The van der Waals surface area contributed by atoms with Crippen LogP contribution in [0.3, 0.4) is 0 Å². The minimum atomic E-state index is -1.03. The number of H-pyrrole nitrogens is 1.